The van der Waals surface area contributed by atoms with E-state index in [1.54, 1.807) is 0 Å². The highest BCUT2D eigenvalue weighted by Crippen LogP contribution is 2.50. The van der Waals surface area contributed by atoms with Gasteiger partial charge in [0.25, 0.3) is 0 Å². The van der Waals surface area contributed by atoms with Gasteiger partial charge in [0.2, 0.25) is 0 Å². The van der Waals surface area contributed by atoms with Gasteiger partial charge in [0.1, 0.15) is 0 Å². The normalized spacial score (nSPS) is 11.6. The van der Waals surface area contributed by atoms with E-state index in [2.05, 4.69) is 204 Å². The standard InChI is InChI=1S/C48H32N2/c1-3-21-37(22-4-1)49(43-29-13-17-33-15-7-9-25-39(33)43)45-31-35-19-12-28-42-46(32-36-20-11-27-41(45)47(36)48(35)42)50(38-23-5-2-6-24-38)44-30-14-18-34-16-8-10-26-40(34)44/h1-32H. The summed E-state index contributed by atoms with van der Waals surface area (Å²) in [5.74, 6) is 0. The molecule has 10 rings (SSSR count). The van der Waals surface area contributed by atoms with Gasteiger partial charge >= 0.3 is 0 Å². The number of rotatable bonds is 6. The Morgan fingerprint density at radius 2 is 0.580 bits per heavy atom. The van der Waals surface area contributed by atoms with Gasteiger partial charge in [0.15, 0.2) is 0 Å². The number of hydrogen-bond acceptors (Lipinski definition) is 2. The van der Waals surface area contributed by atoms with E-state index in [9.17, 15) is 0 Å². The minimum absolute atomic E-state index is 1.13. The van der Waals surface area contributed by atoms with Crippen LogP contribution in [-0.2, 0) is 0 Å². The summed E-state index contributed by atoms with van der Waals surface area (Å²) in [6.07, 6.45) is 0. The molecule has 234 valence electrons. The molecule has 2 nitrogen and oxygen atoms in total. The Bertz CT molecular complexity index is 2620. The maximum Gasteiger partial charge on any atom is 0.0546 e. The Balaban J connectivity index is 1.29. The SMILES string of the molecule is c1ccc(N(c2cccc3ccccc23)c2cc3cccc4c(N(c5ccccc5)c5cccc6ccccc56)cc5cccc2c5c34)cc1. The molecule has 0 saturated heterocycles. The number of anilines is 6. The van der Waals surface area contributed by atoms with Crippen LogP contribution in [0.25, 0.3) is 53.9 Å². The quantitative estimate of drug-likeness (QED) is 0.168. The lowest BCUT2D eigenvalue weighted by molar-refractivity contribution is 1.31. The highest BCUT2D eigenvalue weighted by atomic mass is 15.2. The predicted octanol–water partition coefficient (Wildman–Crippen LogP) is 13.8. The molecule has 10 aromatic rings. The summed E-state index contributed by atoms with van der Waals surface area (Å²) in [6, 6.07) is 70.5. The minimum Gasteiger partial charge on any atom is -0.309 e. The molecular formula is C48H32N2. The van der Waals surface area contributed by atoms with Gasteiger partial charge in [0, 0.05) is 32.9 Å². The van der Waals surface area contributed by atoms with Gasteiger partial charge in [-0.25, -0.2) is 0 Å². The lowest BCUT2D eigenvalue weighted by atomic mass is 9.90. The van der Waals surface area contributed by atoms with Crippen LogP contribution in [0, 0.1) is 0 Å². The van der Waals surface area contributed by atoms with Crippen LogP contribution in [0.4, 0.5) is 34.1 Å². The summed E-state index contributed by atoms with van der Waals surface area (Å²) in [4.78, 5) is 4.89. The Morgan fingerprint density at radius 3 is 1.04 bits per heavy atom. The summed E-state index contributed by atoms with van der Waals surface area (Å²) in [7, 11) is 0. The zero-order chi connectivity index (χ0) is 33.0. The number of nitrogens with zero attached hydrogens (tertiary/aromatic N) is 2. The van der Waals surface area contributed by atoms with Gasteiger partial charge in [-0.05, 0) is 80.8 Å². The monoisotopic (exact) mass is 636 g/mol. The first kappa shape index (κ1) is 28.4. The summed E-state index contributed by atoms with van der Waals surface area (Å²) < 4.78 is 0. The first-order chi connectivity index (χ1) is 24.8. The lowest BCUT2D eigenvalue weighted by Crippen LogP contribution is -2.12. The van der Waals surface area contributed by atoms with E-state index in [0.717, 1.165) is 22.7 Å². The fourth-order valence-electron chi connectivity index (χ4n) is 7.96. The van der Waals surface area contributed by atoms with Crippen LogP contribution in [0.5, 0.6) is 0 Å². The van der Waals surface area contributed by atoms with Crippen molar-refractivity contribution >= 4 is 88.0 Å². The molecule has 0 aliphatic rings. The highest BCUT2D eigenvalue weighted by Gasteiger charge is 2.24. The van der Waals surface area contributed by atoms with Gasteiger partial charge in [-0.3, -0.25) is 0 Å². The summed E-state index contributed by atoms with van der Waals surface area (Å²) in [5.41, 5.74) is 6.92. The molecule has 0 bridgehead atoms. The van der Waals surface area contributed by atoms with E-state index >= 15 is 0 Å². The second-order valence-corrected chi connectivity index (χ2v) is 12.9. The van der Waals surface area contributed by atoms with Crippen molar-refractivity contribution in [2.24, 2.45) is 0 Å². The molecule has 0 aliphatic heterocycles. The van der Waals surface area contributed by atoms with Crippen molar-refractivity contribution < 1.29 is 0 Å². The lowest BCUT2D eigenvalue weighted by Gasteiger charge is -2.31. The van der Waals surface area contributed by atoms with Gasteiger partial charge in [0.05, 0.1) is 22.7 Å². The van der Waals surface area contributed by atoms with Crippen molar-refractivity contribution in [3.05, 3.63) is 194 Å². The second kappa shape index (κ2) is 11.5. The highest BCUT2D eigenvalue weighted by molar-refractivity contribution is 6.30. The number of fused-ring (bicyclic) bond motifs is 2. The number of benzene rings is 10. The van der Waals surface area contributed by atoms with Gasteiger partial charge < -0.3 is 9.80 Å². The van der Waals surface area contributed by atoms with Crippen LogP contribution in [0.15, 0.2) is 194 Å². The van der Waals surface area contributed by atoms with Crippen LogP contribution in [0.2, 0.25) is 0 Å². The van der Waals surface area contributed by atoms with Crippen molar-refractivity contribution in [2.45, 2.75) is 0 Å². The van der Waals surface area contributed by atoms with Crippen LogP contribution >= 0.6 is 0 Å². The van der Waals surface area contributed by atoms with Gasteiger partial charge in [-0.1, -0.05) is 146 Å². The van der Waals surface area contributed by atoms with Crippen molar-refractivity contribution in [3.63, 3.8) is 0 Å². The molecule has 0 fully saturated rings. The third kappa shape index (κ3) is 4.43. The first-order valence-electron chi connectivity index (χ1n) is 17.2. The largest absolute Gasteiger partial charge is 0.309 e. The van der Waals surface area contributed by atoms with Crippen molar-refractivity contribution in [1.82, 2.24) is 0 Å². The molecular weight excluding hydrogens is 605 g/mol. The molecule has 0 aromatic heterocycles. The average Bonchev–Trinajstić information content (AvgIpc) is 3.18. The van der Waals surface area contributed by atoms with E-state index in [-0.39, 0.29) is 0 Å². The van der Waals surface area contributed by atoms with Gasteiger partial charge in [-0.15, -0.1) is 0 Å². The zero-order valence-corrected chi connectivity index (χ0v) is 27.4. The molecule has 50 heavy (non-hydrogen) atoms. The smallest absolute Gasteiger partial charge is 0.0546 e. The number of hydrogen-bond donors (Lipinski definition) is 0. The van der Waals surface area contributed by atoms with E-state index in [1.807, 2.05) is 0 Å². The molecule has 0 saturated carbocycles. The maximum atomic E-state index is 2.44. The Morgan fingerprint density at radius 1 is 0.240 bits per heavy atom. The molecule has 0 spiro atoms. The molecule has 2 heteroatoms. The molecule has 0 heterocycles. The molecule has 0 amide bonds. The van der Waals surface area contributed by atoms with E-state index in [4.69, 9.17) is 0 Å². The van der Waals surface area contributed by atoms with Crippen LogP contribution < -0.4 is 9.80 Å². The third-order valence-corrected chi connectivity index (χ3v) is 10.1. The second-order valence-electron chi connectivity index (χ2n) is 12.9. The molecule has 0 aliphatic carbocycles. The van der Waals surface area contributed by atoms with Crippen LogP contribution in [0.3, 0.4) is 0 Å². The van der Waals surface area contributed by atoms with Crippen LogP contribution in [-0.4, -0.2) is 0 Å². The third-order valence-electron chi connectivity index (χ3n) is 10.1. The maximum absolute atomic E-state index is 2.44. The summed E-state index contributed by atoms with van der Waals surface area (Å²) in [6.45, 7) is 0. The molecule has 10 aromatic carbocycles. The Labute approximate surface area is 291 Å². The first-order valence-corrected chi connectivity index (χ1v) is 17.2. The summed E-state index contributed by atoms with van der Waals surface area (Å²) >= 11 is 0. The molecule has 0 atom stereocenters. The summed E-state index contributed by atoms with van der Waals surface area (Å²) in [5, 5.41) is 12.4. The predicted molar refractivity (Wildman–Crippen MR) is 215 cm³/mol. The molecule has 0 unspecified atom stereocenters. The van der Waals surface area contributed by atoms with E-state index < -0.39 is 0 Å². The van der Waals surface area contributed by atoms with Gasteiger partial charge in [-0.2, -0.15) is 0 Å². The minimum atomic E-state index is 1.13. The van der Waals surface area contributed by atoms with E-state index in [1.165, 1.54) is 65.2 Å². The van der Waals surface area contributed by atoms with Crippen LogP contribution in [0.1, 0.15) is 0 Å². The Hall–Kier alpha value is -6.64. The number of para-hydroxylation sites is 2. The Kier molecular flexibility index (Phi) is 6.53. The van der Waals surface area contributed by atoms with Crippen molar-refractivity contribution in [3.8, 4) is 0 Å². The zero-order valence-electron chi connectivity index (χ0n) is 27.4. The molecule has 0 radical (unpaired) electrons. The van der Waals surface area contributed by atoms with Crippen molar-refractivity contribution in [2.75, 3.05) is 9.80 Å². The topological polar surface area (TPSA) is 6.48 Å². The molecule has 0 N–H and O–H groups in total. The fourth-order valence-corrected chi connectivity index (χ4v) is 7.96. The van der Waals surface area contributed by atoms with E-state index in [0.29, 0.717) is 0 Å². The average molecular weight is 637 g/mol. The van der Waals surface area contributed by atoms with Crippen molar-refractivity contribution in [1.29, 1.82) is 0 Å². The fraction of sp³-hybridized carbons (Fsp3) is 0.